The normalized spacial score (nSPS) is 11.6. The van der Waals surface area contributed by atoms with Crippen molar-refractivity contribution in [1.29, 1.82) is 0 Å². The van der Waals surface area contributed by atoms with E-state index in [-0.39, 0.29) is 12.2 Å². The lowest BCUT2D eigenvalue weighted by Crippen LogP contribution is -2.42. The van der Waals surface area contributed by atoms with E-state index in [1.54, 1.807) is 54.3 Å². The lowest BCUT2D eigenvalue weighted by Gasteiger charge is -2.32. The van der Waals surface area contributed by atoms with Gasteiger partial charge in [-0.15, -0.1) is 0 Å². The molecule has 0 radical (unpaired) electrons. The first kappa shape index (κ1) is 30.2. The highest BCUT2D eigenvalue weighted by molar-refractivity contribution is 5.92. The van der Waals surface area contributed by atoms with Crippen molar-refractivity contribution < 1.29 is 18.7 Å². The highest BCUT2D eigenvalue weighted by atomic mass is 19.1. The molecule has 0 aliphatic carbocycles. The molecule has 0 aliphatic rings. The van der Waals surface area contributed by atoms with E-state index in [1.807, 2.05) is 43.3 Å². The summed E-state index contributed by atoms with van der Waals surface area (Å²) in [4.78, 5) is 46.6. The van der Waals surface area contributed by atoms with Crippen LogP contribution in [0.3, 0.4) is 0 Å². The van der Waals surface area contributed by atoms with Gasteiger partial charge in [0.25, 0.3) is 5.56 Å². The van der Waals surface area contributed by atoms with Gasteiger partial charge in [-0.2, -0.15) is 0 Å². The van der Waals surface area contributed by atoms with Crippen molar-refractivity contribution in [3.05, 3.63) is 136 Å². The molecule has 1 heterocycles. The Balaban J connectivity index is 1.57. The second kappa shape index (κ2) is 13.8. The SMILES string of the molecule is CCOC(=O)c1ccc(NC(=O)N(CCc2ccccc2)C(CC)c2nc3ccccc3c(=O)n2-c2ccc(F)cc2)cc1. The van der Waals surface area contributed by atoms with E-state index in [2.05, 4.69) is 5.32 Å². The summed E-state index contributed by atoms with van der Waals surface area (Å²) in [5.74, 6) is -0.507. The molecule has 0 fully saturated rings. The number of para-hydroxylation sites is 1. The third-order valence-corrected chi connectivity index (χ3v) is 7.34. The molecule has 4 aromatic carbocycles. The Kier molecular flexibility index (Phi) is 9.44. The van der Waals surface area contributed by atoms with Gasteiger partial charge in [-0.05, 0) is 86.0 Å². The minimum atomic E-state index is -0.625. The number of carbonyl (C=O) groups excluding carboxylic acids is 2. The number of amides is 2. The summed E-state index contributed by atoms with van der Waals surface area (Å²) < 4.78 is 20.4. The largest absolute Gasteiger partial charge is 0.462 e. The Bertz CT molecular complexity index is 1810. The first-order chi connectivity index (χ1) is 21.4. The molecule has 9 heteroatoms. The maximum atomic E-state index is 14.0. The van der Waals surface area contributed by atoms with Crippen LogP contribution >= 0.6 is 0 Å². The number of nitrogens with one attached hydrogen (secondary N) is 1. The van der Waals surface area contributed by atoms with Gasteiger partial charge in [-0.3, -0.25) is 9.36 Å². The van der Waals surface area contributed by atoms with Crippen LogP contribution in [0, 0.1) is 5.82 Å². The second-order valence-corrected chi connectivity index (χ2v) is 10.2. The summed E-state index contributed by atoms with van der Waals surface area (Å²) in [5.41, 5.74) is 2.55. The highest BCUT2D eigenvalue weighted by Crippen LogP contribution is 2.27. The minimum Gasteiger partial charge on any atom is -0.462 e. The van der Waals surface area contributed by atoms with Crippen LogP contribution in [0.15, 0.2) is 108 Å². The molecular weight excluding hydrogens is 559 g/mol. The molecule has 0 aliphatic heterocycles. The Morgan fingerprint density at radius 1 is 0.909 bits per heavy atom. The summed E-state index contributed by atoms with van der Waals surface area (Å²) >= 11 is 0. The average molecular weight is 593 g/mol. The first-order valence-corrected chi connectivity index (χ1v) is 14.6. The number of anilines is 1. The van der Waals surface area contributed by atoms with Crippen LogP contribution in [0.2, 0.25) is 0 Å². The predicted octanol–water partition coefficient (Wildman–Crippen LogP) is 6.93. The van der Waals surface area contributed by atoms with Gasteiger partial charge in [0.1, 0.15) is 11.6 Å². The maximum Gasteiger partial charge on any atom is 0.338 e. The molecule has 1 atom stereocenters. The molecule has 0 spiro atoms. The molecule has 8 nitrogen and oxygen atoms in total. The van der Waals surface area contributed by atoms with Crippen LogP contribution in [0.4, 0.5) is 14.9 Å². The summed E-state index contributed by atoms with van der Waals surface area (Å²) in [6, 6.07) is 27.9. The Hall–Kier alpha value is -5.31. The summed E-state index contributed by atoms with van der Waals surface area (Å²) in [6.45, 7) is 4.25. The van der Waals surface area contributed by atoms with Crippen LogP contribution < -0.4 is 10.9 Å². The lowest BCUT2D eigenvalue weighted by molar-refractivity contribution is 0.0526. The van der Waals surface area contributed by atoms with Crippen molar-refractivity contribution in [1.82, 2.24) is 14.5 Å². The van der Waals surface area contributed by atoms with Gasteiger partial charge in [0.2, 0.25) is 0 Å². The van der Waals surface area contributed by atoms with Crippen molar-refractivity contribution in [2.45, 2.75) is 32.7 Å². The fourth-order valence-electron chi connectivity index (χ4n) is 5.15. The molecular formula is C35H33FN4O4. The number of carbonyl (C=O) groups is 2. The number of rotatable bonds is 10. The molecule has 2 amide bonds. The van der Waals surface area contributed by atoms with Gasteiger partial charge in [0.05, 0.1) is 34.8 Å². The topological polar surface area (TPSA) is 93.5 Å². The van der Waals surface area contributed by atoms with Gasteiger partial charge in [0, 0.05) is 12.2 Å². The molecule has 5 aromatic rings. The van der Waals surface area contributed by atoms with Crippen molar-refractivity contribution in [3.8, 4) is 5.69 Å². The molecule has 0 saturated carbocycles. The number of aromatic nitrogens is 2. The summed E-state index contributed by atoms with van der Waals surface area (Å²) in [7, 11) is 0. The number of fused-ring (bicyclic) bond motifs is 1. The van der Waals surface area contributed by atoms with Crippen LogP contribution in [0.1, 0.15) is 48.1 Å². The van der Waals surface area contributed by atoms with Crippen molar-refractivity contribution in [2.24, 2.45) is 0 Å². The quantitative estimate of drug-likeness (QED) is 0.178. The number of ether oxygens (including phenoxy) is 1. The van der Waals surface area contributed by atoms with Gasteiger partial charge in [-0.1, -0.05) is 49.4 Å². The van der Waals surface area contributed by atoms with Gasteiger partial charge < -0.3 is 15.0 Å². The number of benzene rings is 4. The molecule has 0 bridgehead atoms. The third kappa shape index (κ3) is 6.67. The van der Waals surface area contributed by atoms with E-state index in [0.29, 0.717) is 53.1 Å². The van der Waals surface area contributed by atoms with Crippen LogP contribution in [-0.4, -0.2) is 39.6 Å². The molecule has 1 aromatic heterocycles. The van der Waals surface area contributed by atoms with E-state index < -0.39 is 23.9 Å². The number of nitrogens with zero attached hydrogens (tertiary/aromatic N) is 3. The third-order valence-electron chi connectivity index (χ3n) is 7.34. The van der Waals surface area contributed by atoms with Gasteiger partial charge in [-0.25, -0.2) is 19.0 Å². The average Bonchev–Trinajstić information content (AvgIpc) is 3.04. The Labute approximate surface area is 254 Å². The number of esters is 1. The van der Waals surface area contributed by atoms with Crippen molar-refractivity contribution in [3.63, 3.8) is 0 Å². The first-order valence-electron chi connectivity index (χ1n) is 14.6. The number of halogens is 1. The van der Waals surface area contributed by atoms with Crippen LogP contribution in [-0.2, 0) is 11.2 Å². The maximum absolute atomic E-state index is 14.0. The standard InChI is InChI=1S/C35H33FN4O4/c1-3-31(32-38-30-13-9-8-12-29(30)33(41)40(32)28-20-16-26(36)17-21-28)39(23-22-24-10-6-5-7-11-24)35(43)37-27-18-14-25(15-19-27)34(42)44-4-2/h5-21,31H,3-4,22-23H2,1-2H3,(H,37,43). The Morgan fingerprint density at radius 2 is 1.59 bits per heavy atom. The van der Waals surface area contributed by atoms with Crippen molar-refractivity contribution in [2.75, 3.05) is 18.5 Å². The summed E-state index contributed by atoms with van der Waals surface area (Å²) in [5, 5.41) is 3.36. The zero-order chi connectivity index (χ0) is 31.1. The second-order valence-electron chi connectivity index (χ2n) is 10.2. The van der Waals surface area contributed by atoms with E-state index in [4.69, 9.17) is 9.72 Å². The smallest absolute Gasteiger partial charge is 0.338 e. The fraction of sp³-hybridized carbons (Fsp3) is 0.200. The minimum absolute atomic E-state index is 0.262. The highest BCUT2D eigenvalue weighted by Gasteiger charge is 2.29. The zero-order valence-corrected chi connectivity index (χ0v) is 24.6. The zero-order valence-electron chi connectivity index (χ0n) is 24.6. The molecule has 0 saturated heterocycles. The van der Waals surface area contributed by atoms with Crippen LogP contribution in [0.25, 0.3) is 16.6 Å². The molecule has 1 N–H and O–H groups in total. The summed E-state index contributed by atoms with van der Waals surface area (Å²) in [6.07, 6.45) is 0.997. The van der Waals surface area contributed by atoms with Crippen molar-refractivity contribution >= 4 is 28.6 Å². The molecule has 1 unspecified atom stereocenters. The molecule has 224 valence electrons. The molecule has 44 heavy (non-hydrogen) atoms. The van der Waals surface area contributed by atoms with E-state index >= 15 is 0 Å². The van der Waals surface area contributed by atoms with E-state index in [1.165, 1.54) is 28.8 Å². The lowest BCUT2D eigenvalue weighted by atomic mass is 10.1. The van der Waals surface area contributed by atoms with Gasteiger partial charge in [0.15, 0.2) is 0 Å². The number of hydrogen-bond acceptors (Lipinski definition) is 5. The molecule has 5 rings (SSSR count). The Morgan fingerprint density at radius 3 is 2.27 bits per heavy atom. The van der Waals surface area contributed by atoms with E-state index in [9.17, 15) is 18.8 Å². The van der Waals surface area contributed by atoms with Gasteiger partial charge >= 0.3 is 12.0 Å². The number of hydrogen-bond donors (Lipinski definition) is 1. The monoisotopic (exact) mass is 592 g/mol. The fourth-order valence-corrected chi connectivity index (χ4v) is 5.15. The van der Waals surface area contributed by atoms with E-state index in [0.717, 1.165) is 5.56 Å². The number of urea groups is 1. The predicted molar refractivity (Wildman–Crippen MR) is 169 cm³/mol. The van der Waals surface area contributed by atoms with Crippen LogP contribution in [0.5, 0.6) is 0 Å².